The van der Waals surface area contributed by atoms with Crippen LogP contribution in [0.15, 0.2) is 18.2 Å². The minimum atomic E-state index is 0.0999. The van der Waals surface area contributed by atoms with E-state index in [9.17, 15) is 4.79 Å². The quantitative estimate of drug-likeness (QED) is 0.801. The lowest BCUT2D eigenvalue weighted by Crippen LogP contribution is -2.40. The zero-order valence-corrected chi connectivity index (χ0v) is 12.8. The van der Waals surface area contributed by atoms with Crippen molar-refractivity contribution in [3.8, 4) is 0 Å². The van der Waals surface area contributed by atoms with E-state index in [4.69, 9.17) is 0 Å². The monoisotopic (exact) mass is 274 g/mol. The van der Waals surface area contributed by atoms with Gasteiger partial charge in [-0.25, -0.2) is 0 Å². The molecule has 3 nitrogen and oxygen atoms in total. The van der Waals surface area contributed by atoms with E-state index in [1.165, 1.54) is 29.5 Å². The van der Waals surface area contributed by atoms with E-state index in [0.717, 1.165) is 18.9 Å². The minimum Gasteiger partial charge on any atom is -0.352 e. The average Bonchev–Trinajstić information content (AvgIpc) is 3.17. The van der Waals surface area contributed by atoms with Crippen LogP contribution in [0.2, 0.25) is 0 Å². The van der Waals surface area contributed by atoms with E-state index in [-0.39, 0.29) is 11.9 Å². The number of carbonyl (C=O) groups excluding carboxylic acids is 1. The van der Waals surface area contributed by atoms with Gasteiger partial charge in [0.15, 0.2) is 0 Å². The van der Waals surface area contributed by atoms with Crippen molar-refractivity contribution in [2.75, 3.05) is 13.1 Å². The maximum absolute atomic E-state index is 11.8. The molecule has 0 bridgehead atoms. The predicted octanol–water partition coefficient (Wildman–Crippen LogP) is 2.35. The van der Waals surface area contributed by atoms with Gasteiger partial charge in [0.25, 0.3) is 0 Å². The number of hydrogen-bond donors (Lipinski definition) is 2. The molecule has 3 heteroatoms. The van der Waals surface area contributed by atoms with Gasteiger partial charge in [-0.15, -0.1) is 0 Å². The molecule has 1 unspecified atom stereocenters. The zero-order valence-electron chi connectivity index (χ0n) is 12.8. The van der Waals surface area contributed by atoms with Crippen LogP contribution in [-0.2, 0) is 11.2 Å². The first-order valence-corrected chi connectivity index (χ1v) is 7.61. The zero-order chi connectivity index (χ0) is 14.5. The topological polar surface area (TPSA) is 41.1 Å². The molecule has 1 amide bonds. The SMILES string of the molecule is Cc1ccc(CC(C)NC(=O)CNCC2CC2)c(C)c1. The van der Waals surface area contributed by atoms with Crippen molar-refractivity contribution in [2.45, 2.75) is 46.1 Å². The number of benzene rings is 1. The number of rotatable bonds is 7. The highest BCUT2D eigenvalue weighted by atomic mass is 16.1. The van der Waals surface area contributed by atoms with Gasteiger partial charge in [-0.1, -0.05) is 23.8 Å². The third-order valence-electron chi connectivity index (χ3n) is 3.85. The predicted molar refractivity (Wildman–Crippen MR) is 82.8 cm³/mol. The van der Waals surface area contributed by atoms with Gasteiger partial charge in [-0.3, -0.25) is 4.79 Å². The van der Waals surface area contributed by atoms with Gasteiger partial charge in [0.2, 0.25) is 5.91 Å². The summed E-state index contributed by atoms with van der Waals surface area (Å²) in [6.45, 7) is 7.73. The molecular weight excluding hydrogens is 248 g/mol. The molecule has 1 atom stereocenters. The second-order valence-electron chi connectivity index (χ2n) is 6.18. The van der Waals surface area contributed by atoms with E-state index in [2.05, 4.69) is 49.6 Å². The molecule has 2 rings (SSSR count). The summed E-state index contributed by atoms with van der Waals surface area (Å²) >= 11 is 0. The number of hydrogen-bond acceptors (Lipinski definition) is 2. The first-order valence-electron chi connectivity index (χ1n) is 7.61. The standard InChI is InChI=1S/C17H26N2O/c1-12-4-7-16(13(2)8-12)9-14(3)19-17(20)11-18-10-15-5-6-15/h4,7-8,14-15,18H,5-6,9-11H2,1-3H3,(H,19,20). The molecular formula is C17H26N2O. The Hall–Kier alpha value is -1.35. The maximum Gasteiger partial charge on any atom is 0.234 e. The first-order chi connectivity index (χ1) is 9.54. The van der Waals surface area contributed by atoms with Gasteiger partial charge < -0.3 is 10.6 Å². The third-order valence-corrected chi connectivity index (χ3v) is 3.85. The lowest BCUT2D eigenvalue weighted by atomic mass is 10.00. The fourth-order valence-corrected chi connectivity index (χ4v) is 2.49. The minimum absolute atomic E-state index is 0.0999. The molecule has 1 saturated carbocycles. The van der Waals surface area contributed by atoms with Gasteiger partial charge in [0.1, 0.15) is 0 Å². The molecule has 0 spiro atoms. The normalized spacial score (nSPS) is 15.9. The second kappa shape index (κ2) is 6.89. The summed E-state index contributed by atoms with van der Waals surface area (Å²) in [5.74, 6) is 0.915. The summed E-state index contributed by atoms with van der Waals surface area (Å²) < 4.78 is 0. The molecule has 2 N–H and O–H groups in total. The highest BCUT2D eigenvalue weighted by molar-refractivity contribution is 5.78. The Kier molecular flexibility index (Phi) is 5.18. The van der Waals surface area contributed by atoms with Crippen LogP contribution < -0.4 is 10.6 Å². The Balaban J connectivity index is 1.72. The molecule has 1 aliphatic carbocycles. The van der Waals surface area contributed by atoms with E-state index in [1.807, 2.05) is 0 Å². The largest absolute Gasteiger partial charge is 0.352 e. The van der Waals surface area contributed by atoms with Crippen molar-refractivity contribution in [1.29, 1.82) is 0 Å². The molecule has 0 saturated heterocycles. The van der Waals surface area contributed by atoms with Crippen LogP contribution in [0, 0.1) is 19.8 Å². The van der Waals surface area contributed by atoms with Crippen LogP contribution in [0.25, 0.3) is 0 Å². The van der Waals surface area contributed by atoms with Crippen LogP contribution in [0.4, 0.5) is 0 Å². The van der Waals surface area contributed by atoms with Crippen LogP contribution >= 0.6 is 0 Å². The number of amides is 1. The summed E-state index contributed by atoms with van der Waals surface area (Å²) in [5, 5.41) is 6.29. The lowest BCUT2D eigenvalue weighted by Gasteiger charge is -2.16. The van der Waals surface area contributed by atoms with Crippen molar-refractivity contribution >= 4 is 5.91 Å². The molecule has 0 heterocycles. The van der Waals surface area contributed by atoms with E-state index in [1.54, 1.807) is 0 Å². The lowest BCUT2D eigenvalue weighted by molar-refractivity contribution is -0.120. The highest BCUT2D eigenvalue weighted by Gasteiger charge is 2.20. The molecule has 1 aromatic carbocycles. The molecule has 1 fully saturated rings. The Morgan fingerprint density at radius 3 is 2.75 bits per heavy atom. The maximum atomic E-state index is 11.8. The molecule has 0 aliphatic heterocycles. The fraction of sp³-hybridized carbons (Fsp3) is 0.588. The molecule has 20 heavy (non-hydrogen) atoms. The molecule has 0 radical (unpaired) electrons. The number of aryl methyl sites for hydroxylation is 2. The van der Waals surface area contributed by atoms with Gasteiger partial charge >= 0.3 is 0 Å². The van der Waals surface area contributed by atoms with Crippen molar-refractivity contribution in [3.63, 3.8) is 0 Å². The van der Waals surface area contributed by atoms with Crippen LogP contribution in [0.5, 0.6) is 0 Å². The Morgan fingerprint density at radius 1 is 1.35 bits per heavy atom. The molecule has 0 aromatic heterocycles. The van der Waals surface area contributed by atoms with Crippen LogP contribution in [-0.4, -0.2) is 25.0 Å². The van der Waals surface area contributed by atoms with Crippen LogP contribution in [0.3, 0.4) is 0 Å². The smallest absolute Gasteiger partial charge is 0.234 e. The Bertz CT molecular complexity index is 466. The van der Waals surface area contributed by atoms with Crippen molar-refractivity contribution < 1.29 is 4.79 Å². The Labute approximate surface area is 122 Å². The summed E-state index contributed by atoms with van der Waals surface area (Å²) in [5.41, 5.74) is 3.90. The van der Waals surface area contributed by atoms with Crippen molar-refractivity contribution in [2.24, 2.45) is 5.92 Å². The summed E-state index contributed by atoms with van der Waals surface area (Å²) in [4.78, 5) is 11.8. The van der Waals surface area contributed by atoms with E-state index in [0.29, 0.717) is 6.54 Å². The molecule has 1 aliphatic rings. The number of carbonyl (C=O) groups is 1. The third kappa shape index (κ3) is 4.97. The Morgan fingerprint density at radius 2 is 2.10 bits per heavy atom. The van der Waals surface area contributed by atoms with E-state index >= 15 is 0 Å². The van der Waals surface area contributed by atoms with Gasteiger partial charge in [0, 0.05) is 6.04 Å². The highest BCUT2D eigenvalue weighted by Crippen LogP contribution is 2.27. The molecule has 110 valence electrons. The summed E-state index contributed by atoms with van der Waals surface area (Å²) in [6, 6.07) is 6.67. The van der Waals surface area contributed by atoms with Crippen LogP contribution in [0.1, 0.15) is 36.5 Å². The first kappa shape index (κ1) is 15.0. The second-order valence-corrected chi connectivity index (χ2v) is 6.18. The number of nitrogens with one attached hydrogen (secondary N) is 2. The van der Waals surface area contributed by atoms with Gasteiger partial charge in [-0.05, 0) is 63.6 Å². The summed E-state index contributed by atoms with van der Waals surface area (Å²) in [6.07, 6.45) is 3.52. The van der Waals surface area contributed by atoms with Crippen molar-refractivity contribution in [1.82, 2.24) is 10.6 Å². The van der Waals surface area contributed by atoms with E-state index < -0.39 is 0 Å². The van der Waals surface area contributed by atoms with Gasteiger partial charge in [0.05, 0.1) is 6.54 Å². The average molecular weight is 274 g/mol. The summed E-state index contributed by atoms with van der Waals surface area (Å²) in [7, 11) is 0. The van der Waals surface area contributed by atoms with Gasteiger partial charge in [-0.2, -0.15) is 0 Å². The van der Waals surface area contributed by atoms with Crippen molar-refractivity contribution in [3.05, 3.63) is 34.9 Å². The molecule has 1 aromatic rings. The fourth-order valence-electron chi connectivity index (χ4n) is 2.49.